The third-order valence-electron chi connectivity index (χ3n) is 2.86. The van der Waals surface area contributed by atoms with E-state index < -0.39 is 11.9 Å². The summed E-state index contributed by atoms with van der Waals surface area (Å²) in [5, 5.41) is 17.2. The lowest BCUT2D eigenvalue weighted by molar-refractivity contribution is -0.141. The Hall–Kier alpha value is -1.06. The van der Waals surface area contributed by atoms with Gasteiger partial charge in [0.25, 0.3) is 0 Å². The molecule has 0 bridgehead atoms. The minimum absolute atomic E-state index is 0.229. The molecule has 0 rings (SSSR count). The van der Waals surface area contributed by atoms with Crippen molar-refractivity contribution in [2.45, 2.75) is 52.4 Å². The molecule has 2 N–H and O–H groups in total. The number of hydrogen-bond acceptors (Lipinski definition) is 2. The first-order valence-electron chi connectivity index (χ1n) is 5.88. The predicted molar refractivity (Wildman–Crippen MR) is 61.3 cm³/mol. The van der Waals surface area contributed by atoms with Crippen molar-refractivity contribution >= 4 is 11.9 Å². The van der Waals surface area contributed by atoms with Crippen LogP contribution in [0.2, 0.25) is 0 Å². The number of unbranched alkanes of at least 4 members (excludes halogenated alkanes) is 1. The second-order valence-corrected chi connectivity index (χ2v) is 4.56. The zero-order valence-electron chi connectivity index (χ0n) is 10.1. The topological polar surface area (TPSA) is 74.6 Å². The number of aliphatic carboxylic acids is 2. The van der Waals surface area contributed by atoms with Gasteiger partial charge in [0.2, 0.25) is 0 Å². The first-order chi connectivity index (χ1) is 7.43. The number of rotatable bonds is 9. The lowest BCUT2D eigenvalue weighted by atomic mass is 9.96. The van der Waals surface area contributed by atoms with Crippen LogP contribution in [0.3, 0.4) is 0 Å². The Labute approximate surface area is 96.7 Å². The maximum Gasteiger partial charge on any atom is 0.306 e. The van der Waals surface area contributed by atoms with E-state index >= 15 is 0 Å². The van der Waals surface area contributed by atoms with Gasteiger partial charge in [0.15, 0.2) is 0 Å². The summed E-state index contributed by atoms with van der Waals surface area (Å²) < 4.78 is 0. The van der Waals surface area contributed by atoms with Crippen molar-refractivity contribution < 1.29 is 19.8 Å². The highest BCUT2D eigenvalue weighted by atomic mass is 16.4. The van der Waals surface area contributed by atoms with E-state index in [2.05, 4.69) is 0 Å². The Morgan fingerprint density at radius 2 is 1.56 bits per heavy atom. The maximum absolute atomic E-state index is 10.5. The molecule has 16 heavy (non-hydrogen) atoms. The fraction of sp³-hybridized carbons (Fsp3) is 0.833. The zero-order chi connectivity index (χ0) is 12.6. The first-order valence-corrected chi connectivity index (χ1v) is 5.88. The van der Waals surface area contributed by atoms with Gasteiger partial charge in [0.1, 0.15) is 0 Å². The van der Waals surface area contributed by atoms with Crippen molar-refractivity contribution in [3.8, 4) is 0 Å². The van der Waals surface area contributed by atoms with Crippen LogP contribution in [0.25, 0.3) is 0 Å². The predicted octanol–water partition coefficient (Wildman–Crippen LogP) is 2.77. The van der Waals surface area contributed by atoms with Crippen LogP contribution in [0.5, 0.6) is 0 Å². The summed E-state index contributed by atoms with van der Waals surface area (Å²) in [5.74, 6) is -1.34. The average Bonchev–Trinajstić information content (AvgIpc) is 2.20. The van der Waals surface area contributed by atoms with Crippen molar-refractivity contribution in [2.24, 2.45) is 11.8 Å². The Morgan fingerprint density at radius 3 is 2.06 bits per heavy atom. The molecule has 2 atom stereocenters. The van der Waals surface area contributed by atoms with Gasteiger partial charge in [-0.3, -0.25) is 9.59 Å². The van der Waals surface area contributed by atoms with E-state index in [1.165, 1.54) is 0 Å². The van der Waals surface area contributed by atoms with Gasteiger partial charge in [0.05, 0.1) is 5.92 Å². The average molecular weight is 230 g/mol. The summed E-state index contributed by atoms with van der Waals surface area (Å²) in [5.41, 5.74) is 0. The quantitative estimate of drug-likeness (QED) is 0.597. The van der Waals surface area contributed by atoms with Gasteiger partial charge in [-0.25, -0.2) is 0 Å². The molecule has 0 amide bonds. The van der Waals surface area contributed by atoms with Gasteiger partial charge in [-0.1, -0.05) is 33.1 Å². The molecule has 0 fully saturated rings. The fourth-order valence-electron chi connectivity index (χ4n) is 1.58. The Balaban J connectivity index is 3.44. The molecule has 0 radical (unpaired) electrons. The van der Waals surface area contributed by atoms with Gasteiger partial charge < -0.3 is 10.2 Å². The van der Waals surface area contributed by atoms with Gasteiger partial charge in [-0.05, 0) is 18.8 Å². The Bertz CT molecular complexity index is 225. The molecule has 0 aliphatic heterocycles. The first kappa shape index (κ1) is 14.9. The highest BCUT2D eigenvalue weighted by Crippen LogP contribution is 2.16. The van der Waals surface area contributed by atoms with E-state index in [1.54, 1.807) is 6.92 Å². The highest BCUT2D eigenvalue weighted by Gasteiger charge is 2.10. The lowest BCUT2D eigenvalue weighted by Gasteiger charge is -2.10. The van der Waals surface area contributed by atoms with Gasteiger partial charge >= 0.3 is 11.9 Å². The third kappa shape index (κ3) is 8.26. The molecule has 0 saturated carbocycles. The summed E-state index contributed by atoms with van der Waals surface area (Å²) in [6.45, 7) is 3.76. The molecule has 0 saturated heterocycles. The maximum atomic E-state index is 10.5. The van der Waals surface area contributed by atoms with Crippen molar-refractivity contribution in [3.05, 3.63) is 0 Å². The van der Waals surface area contributed by atoms with Crippen LogP contribution < -0.4 is 0 Å². The largest absolute Gasteiger partial charge is 0.481 e. The van der Waals surface area contributed by atoms with Crippen LogP contribution in [-0.2, 0) is 9.59 Å². The standard InChI is InChI=1S/C12H22O4/c1-9(7-8-11(13)14)5-3-4-6-10(2)12(15)16/h9-10H,3-8H2,1-2H3,(H,13,14)(H,15,16). The fourth-order valence-corrected chi connectivity index (χ4v) is 1.58. The molecule has 4 heteroatoms. The normalized spacial score (nSPS) is 14.4. The monoisotopic (exact) mass is 230 g/mol. The summed E-state index contributed by atoms with van der Waals surface area (Å²) in [6, 6.07) is 0. The summed E-state index contributed by atoms with van der Waals surface area (Å²) in [4.78, 5) is 20.9. The van der Waals surface area contributed by atoms with Crippen LogP contribution in [0.15, 0.2) is 0 Å². The number of carboxylic acid groups (broad SMARTS) is 2. The molecule has 0 spiro atoms. The number of carboxylic acids is 2. The van der Waals surface area contributed by atoms with Crippen LogP contribution in [-0.4, -0.2) is 22.2 Å². The van der Waals surface area contributed by atoms with Crippen molar-refractivity contribution in [1.29, 1.82) is 0 Å². The summed E-state index contributed by atoms with van der Waals surface area (Å²) >= 11 is 0. The molecule has 94 valence electrons. The molecule has 0 heterocycles. The minimum atomic E-state index is -0.744. The molecule has 0 aliphatic carbocycles. The Kier molecular flexibility index (Phi) is 7.60. The third-order valence-corrected chi connectivity index (χ3v) is 2.86. The summed E-state index contributed by atoms with van der Waals surface area (Å²) in [7, 11) is 0. The zero-order valence-corrected chi connectivity index (χ0v) is 10.1. The second-order valence-electron chi connectivity index (χ2n) is 4.56. The van der Waals surface area contributed by atoms with Crippen LogP contribution >= 0.6 is 0 Å². The van der Waals surface area contributed by atoms with Crippen molar-refractivity contribution in [1.82, 2.24) is 0 Å². The highest BCUT2D eigenvalue weighted by molar-refractivity contribution is 5.69. The lowest BCUT2D eigenvalue weighted by Crippen LogP contribution is -2.09. The van der Waals surface area contributed by atoms with Gasteiger partial charge in [-0.15, -0.1) is 0 Å². The number of carbonyl (C=O) groups is 2. The molecule has 4 nitrogen and oxygen atoms in total. The SMILES string of the molecule is CC(CCCCC(C)C(=O)O)CCC(=O)O. The van der Waals surface area contributed by atoms with E-state index in [9.17, 15) is 9.59 Å². The Morgan fingerprint density at radius 1 is 1.00 bits per heavy atom. The molecule has 0 aromatic heterocycles. The van der Waals surface area contributed by atoms with Crippen LogP contribution in [0, 0.1) is 11.8 Å². The van der Waals surface area contributed by atoms with E-state index in [0.717, 1.165) is 19.3 Å². The molecular formula is C12H22O4. The van der Waals surface area contributed by atoms with Crippen molar-refractivity contribution in [3.63, 3.8) is 0 Å². The van der Waals surface area contributed by atoms with E-state index in [0.29, 0.717) is 18.8 Å². The molecule has 0 aliphatic rings. The van der Waals surface area contributed by atoms with E-state index in [-0.39, 0.29) is 12.3 Å². The minimum Gasteiger partial charge on any atom is -0.481 e. The smallest absolute Gasteiger partial charge is 0.306 e. The molecular weight excluding hydrogens is 208 g/mol. The van der Waals surface area contributed by atoms with Gasteiger partial charge in [0, 0.05) is 6.42 Å². The summed E-state index contributed by atoms with van der Waals surface area (Å²) in [6.07, 6.45) is 4.53. The second kappa shape index (κ2) is 8.13. The van der Waals surface area contributed by atoms with Crippen LogP contribution in [0.1, 0.15) is 52.4 Å². The van der Waals surface area contributed by atoms with Gasteiger partial charge in [-0.2, -0.15) is 0 Å². The van der Waals surface area contributed by atoms with Crippen molar-refractivity contribution in [2.75, 3.05) is 0 Å². The number of hydrogen-bond donors (Lipinski definition) is 2. The van der Waals surface area contributed by atoms with E-state index in [4.69, 9.17) is 10.2 Å². The molecule has 0 aromatic rings. The molecule has 0 aromatic carbocycles. The molecule has 2 unspecified atom stereocenters. The van der Waals surface area contributed by atoms with E-state index in [1.807, 2.05) is 6.92 Å². The van der Waals surface area contributed by atoms with Crippen LogP contribution in [0.4, 0.5) is 0 Å².